The third-order valence-corrected chi connectivity index (χ3v) is 4.42. The second-order valence-electron chi connectivity index (χ2n) is 6.78. The number of anilines is 1. The largest absolute Gasteiger partial charge is 0.494 e. The van der Waals surface area contributed by atoms with Crippen molar-refractivity contribution in [3.63, 3.8) is 0 Å². The summed E-state index contributed by atoms with van der Waals surface area (Å²) in [5, 5.41) is 5.19. The van der Waals surface area contributed by atoms with Crippen molar-refractivity contribution in [2.75, 3.05) is 11.9 Å². The summed E-state index contributed by atoms with van der Waals surface area (Å²) in [6.07, 6.45) is -0.0364. The normalized spacial score (nSPS) is 10.0. The van der Waals surface area contributed by atoms with Crippen LogP contribution in [0, 0.1) is 13.8 Å². The van der Waals surface area contributed by atoms with Gasteiger partial charge in [-0.2, -0.15) is 0 Å². The minimum atomic E-state index is -0.436. The number of hydrazine groups is 1. The molecule has 0 saturated heterocycles. The van der Waals surface area contributed by atoms with Crippen LogP contribution in [0.15, 0.2) is 42.5 Å². The van der Waals surface area contributed by atoms with E-state index >= 15 is 0 Å². The van der Waals surface area contributed by atoms with E-state index in [9.17, 15) is 14.4 Å². The second kappa shape index (κ2) is 11.7. The molecule has 0 aromatic heterocycles. The van der Waals surface area contributed by atoms with Crippen molar-refractivity contribution in [2.24, 2.45) is 0 Å². The molecule has 0 heterocycles. The average Bonchev–Trinajstić information content (AvgIpc) is 2.74. The van der Waals surface area contributed by atoms with Crippen molar-refractivity contribution in [3.8, 4) is 5.75 Å². The van der Waals surface area contributed by atoms with Crippen LogP contribution in [0.2, 0.25) is 0 Å². The molecule has 0 fully saturated rings. The maximum absolute atomic E-state index is 12.2. The monoisotopic (exact) mass is 442 g/mol. The van der Waals surface area contributed by atoms with Crippen LogP contribution in [0.5, 0.6) is 5.75 Å². The van der Waals surface area contributed by atoms with Crippen LogP contribution < -0.4 is 26.2 Å². The van der Waals surface area contributed by atoms with Gasteiger partial charge in [0, 0.05) is 24.1 Å². The predicted molar refractivity (Wildman–Crippen MR) is 123 cm³/mol. The number of carbonyl (C=O) groups is 3. The smallest absolute Gasteiger partial charge is 0.257 e. The number of benzene rings is 2. The van der Waals surface area contributed by atoms with E-state index in [1.165, 1.54) is 0 Å². The number of amides is 3. The third kappa shape index (κ3) is 8.06. The first kappa shape index (κ1) is 23.8. The summed E-state index contributed by atoms with van der Waals surface area (Å²) in [6.45, 7) is 6.24. The average molecular weight is 443 g/mol. The number of thiocarbonyl (C=S) groups is 1. The van der Waals surface area contributed by atoms with Gasteiger partial charge in [0.05, 0.1) is 6.61 Å². The summed E-state index contributed by atoms with van der Waals surface area (Å²) in [7, 11) is 0. The number of rotatable bonds is 7. The van der Waals surface area contributed by atoms with Crippen LogP contribution in [0.4, 0.5) is 5.69 Å². The van der Waals surface area contributed by atoms with Gasteiger partial charge in [-0.1, -0.05) is 12.1 Å². The first-order valence-electron chi connectivity index (χ1n) is 9.78. The van der Waals surface area contributed by atoms with Crippen molar-refractivity contribution in [3.05, 3.63) is 59.2 Å². The maximum atomic E-state index is 12.2. The molecule has 0 bridgehead atoms. The highest BCUT2D eigenvalue weighted by atomic mass is 32.1. The molecule has 0 aliphatic carbocycles. The van der Waals surface area contributed by atoms with Crippen molar-refractivity contribution in [2.45, 2.75) is 33.6 Å². The van der Waals surface area contributed by atoms with Crippen molar-refractivity contribution in [1.82, 2.24) is 16.2 Å². The Morgan fingerprint density at radius 1 is 0.935 bits per heavy atom. The first-order chi connectivity index (χ1) is 14.8. The van der Waals surface area contributed by atoms with E-state index in [2.05, 4.69) is 21.5 Å². The number of ether oxygens (including phenoxy) is 1. The third-order valence-electron chi connectivity index (χ3n) is 4.22. The Kier molecular flexibility index (Phi) is 8.95. The molecule has 164 valence electrons. The summed E-state index contributed by atoms with van der Waals surface area (Å²) in [5.41, 5.74) is 7.90. The lowest BCUT2D eigenvalue weighted by molar-refractivity contribution is -0.124. The van der Waals surface area contributed by atoms with Gasteiger partial charge in [0.25, 0.3) is 5.91 Å². The molecule has 3 amide bonds. The van der Waals surface area contributed by atoms with Crippen molar-refractivity contribution >= 4 is 40.7 Å². The SMILES string of the molecule is CCOc1ccc(C(=O)NC(=S)NNC(=O)CCC(=O)Nc2cc(C)ccc2C)cc1. The van der Waals surface area contributed by atoms with Crippen LogP contribution in [-0.4, -0.2) is 29.4 Å². The molecule has 0 spiro atoms. The fraction of sp³-hybridized carbons (Fsp3) is 0.273. The van der Waals surface area contributed by atoms with Gasteiger partial charge < -0.3 is 10.1 Å². The van der Waals surface area contributed by atoms with E-state index in [1.807, 2.05) is 39.0 Å². The molecule has 2 aromatic carbocycles. The quantitative estimate of drug-likeness (QED) is 0.388. The predicted octanol–water partition coefficient (Wildman–Crippen LogP) is 2.76. The van der Waals surface area contributed by atoms with Gasteiger partial charge in [0.2, 0.25) is 11.8 Å². The summed E-state index contributed by atoms with van der Waals surface area (Å²) in [5.74, 6) is -0.472. The Hall–Kier alpha value is -3.46. The number of aryl methyl sites for hydroxylation is 2. The summed E-state index contributed by atoms with van der Waals surface area (Å²) >= 11 is 5.00. The van der Waals surface area contributed by atoms with Gasteiger partial charge in [-0.05, 0) is 74.4 Å². The molecular weight excluding hydrogens is 416 g/mol. The van der Waals surface area contributed by atoms with E-state index in [1.54, 1.807) is 24.3 Å². The lowest BCUT2D eigenvalue weighted by atomic mass is 10.1. The van der Waals surface area contributed by atoms with Crippen LogP contribution in [-0.2, 0) is 9.59 Å². The minimum absolute atomic E-state index is 0.00615. The molecule has 8 nitrogen and oxygen atoms in total. The van der Waals surface area contributed by atoms with Gasteiger partial charge in [0.1, 0.15) is 5.75 Å². The Morgan fingerprint density at radius 3 is 2.29 bits per heavy atom. The van der Waals surface area contributed by atoms with Crippen molar-refractivity contribution in [1.29, 1.82) is 0 Å². The standard InChI is InChI=1S/C22H26N4O4S/c1-4-30-17-9-7-16(8-10-17)21(29)24-22(31)26-25-20(28)12-11-19(27)23-18-13-14(2)5-6-15(18)3/h5-10,13H,4,11-12H2,1-3H3,(H,23,27)(H,25,28)(H2,24,26,29,31). The molecule has 2 aromatic rings. The van der Waals surface area contributed by atoms with Gasteiger partial charge >= 0.3 is 0 Å². The van der Waals surface area contributed by atoms with E-state index < -0.39 is 11.8 Å². The molecule has 4 N–H and O–H groups in total. The highest BCUT2D eigenvalue weighted by molar-refractivity contribution is 7.80. The summed E-state index contributed by atoms with van der Waals surface area (Å²) < 4.78 is 5.32. The van der Waals surface area contributed by atoms with E-state index in [0.29, 0.717) is 17.9 Å². The molecular formula is C22H26N4O4S. The molecule has 0 unspecified atom stereocenters. The fourth-order valence-corrected chi connectivity index (χ4v) is 2.72. The zero-order chi connectivity index (χ0) is 22.8. The van der Waals surface area contributed by atoms with Gasteiger partial charge in [-0.25, -0.2) is 0 Å². The summed E-state index contributed by atoms with van der Waals surface area (Å²) in [4.78, 5) is 36.2. The zero-order valence-corrected chi connectivity index (χ0v) is 18.5. The molecule has 0 aliphatic rings. The molecule has 9 heteroatoms. The Balaban J connectivity index is 1.71. The Bertz CT molecular complexity index is 960. The lowest BCUT2D eigenvalue weighted by Crippen LogP contribution is -2.48. The van der Waals surface area contributed by atoms with Crippen LogP contribution >= 0.6 is 12.2 Å². The van der Waals surface area contributed by atoms with Crippen LogP contribution in [0.1, 0.15) is 41.3 Å². The number of carbonyl (C=O) groups excluding carboxylic acids is 3. The van der Waals surface area contributed by atoms with Crippen LogP contribution in [0.3, 0.4) is 0 Å². The Morgan fingerprint density at radius 2 is 1.61 bits per heavy atom. The lowest BCUT2D eigenvalue weighted by Gasteiger charge is -2.12. The number of hydrogen-bond acceptors (Lipinski definition) is 5. The first-order valence-corrected chi connectivity index (χ1v) is 10.2. The molecule has 2 rings (SSSR count). The Labute approximate surface area is 186 Å². The highest BCUT2D eigenvalue weighted by Crippen LogP contribution is 2.16. The maximum Gasteiger partial charge on any atom is 0.257 e. The molecule has 0 aliphatic heterocycles. The van der Waals surface area contributed by atoms with Crippen molar-refractivity contribution < 1.29 is 19.1 Å². The fourth-order valence-electron chi connectivity index (χ4n) is 2.57. The highest BCUT2D eigenvalue weighted by Gasteiger charge is 2.11. The molecule has 0 atom stereocenters. The van der Waals surface area contributed by atoms with E-state index in [-0.39, 0.29) is 23.9 Å². The number of nitrogens with one attached hydrogen (secondary N) is 4. The minimum Gasteiger partial charge on any atom is -0.494 e. The van der Waals surface area contributed by atoms with Gasteiger partial charge in [-0.15, -0.1) is 0 Å². The summed E-state index contributed by atoms with van der Waals surface area (Å²) in [6, 6.07) is 12.3. The molecule has 0 saturated carbocycles. The topological polar surface area (TPSA) is 109 Å². The second-order valence-corrected chi connectivity index (χ2v) is 7.19. The van der Waals surface area contributed by atoms with Crippen LogP contribution in [0.25, 0.3) is 0 Å². The zero-order valence-electron chi connectivity index (χ0n) is 17.7. The van der Waals surface area contributed by atoms with Gasteiger partial charge in [0.15, 0.2) is 5.11 Å². The molecule has 0 radical (unpaired) electrons. The molecule has 31 heavy (non-hydrogen) atoms. The van der Waals surface area contributed by atoms with E-state index in [0.717, 1.165) is 16.8 Å². The number of hydrogen-bond donors (Lipinski definition) is 4. The van der Waals surface area contributed by atoms with E-state index in [4.69, 9.17) is 17.0 Å². The van der Waals surface area contributed by atoms with Gasteiger partial charge in [-0.3, -0.25) is 30.6 Å².